The molecule has 2 amide bonds. The highest BCUT2D eigenvalue weighted by Gasteiger charge is 2.32. The second kappa shape index (κ2) is 9.96. The van der Waals surface area contributed by atoms with Crippen LogP contribution in [0.1, 0.15) is 60.6 Å². The van der Waals surface area contributed by atoms with Gasteiger partial charge in [0.05, 0.1) is 29.3 Å². The van der Waals surface area contributed by atoms with Crippen molar-refractivity contribution in [3.63, 3.8) is 0 Å². The monoisotopic (exact) mass is 488 g/mol. The molecule has 4 heterocycles. The third-order valence-electron chi connectivity index (χ3n) is 6.09. The van der Waals surface area contributed by atoms with E-state index in [0.29, 0.717) is 28.7 Å². The molecule has 0 saturated heterocycles. The van der Waals surface area contributed by atoms with Crippen molar-refractivity contribution in [3.8, 4) is 0 Å². The molecule has 0 unspecified atom stereocenters. The van der Waals surface area contributed by atoms with Crippen LogP contribution in [-0.4, -0.2) is 46.8 Å². The van der Waals surface area contributed by atoms with E-state index in [4.69, 9.17) is 9.47 Å². The molecule has 0 bridgehead atoms. The standard InChI is InChI=1S/C23H28N4O6S/c1-4-13-17(21(29)32-5-2)14(25-23(31)24-13)11-33-22(30)18-12(3)16-19(34-18)26-15-9-7-6-8-10-27(15)20(16)28/h13H,4-11H2,1-3H3,(H2,24,25,31)/t13-/m1/s1. The van der Waals surface area contributed by atoms with Gasteiger partial charge in [-0.3, -0.25) is 9.36 Å². The molecule has 0 spiro atoms. The van der Waals surface area contributed by atoms with Crippen LogP contribution in [0.4, 0.5) is 4.79 Å². The van der Waals surface area contributed by atoms with E-state index in [-0.39, 0.29) is 34.9 Å². The Bertz CT molecular complexity index is 1240. The smallest absolute Gasteiger partial charge is 0.349 e. The lowest BCUT2D eigenvalue weighted by atomic mass is 10.0. The van der Waals surface area contributed by atoms with Gasteiger partial charge in [-0.15, -0.1) is 11.3 Å². The van der Waals surface area contributed by atoms with Crippen molar-refractivity contribution in [3.05, 3.63) is 37.9 Å². The van der Waals surface area contributed by atoms with Crippen molar-refractivity contribution in [2.45, 2.75) is 65.5 Å². The summed E-state index contributed by atoms with van der Waals surface area (Å²) in [6.07, 6.45) is 4.17. The highest BCUT2D eigenvalue weighted by molar-refractivity contribution is 7.20. The van der Waals surface area contributed by atoms with Gasteiger partial charge < -0.3 is 20.1 Å². The highest BCUT2D eigenvalue weighted by Crippen LogP contribution is 2.29. The minimum absolute atomic E-state index is 0.126. The Hall–Kier alpha value is -3.21. The molecule has 0 radical (unpaired) electrons. The Balaban J connectivity index is 1.63. The summed E-state index contributed by atoms with van der Waals surface area (Å²) >= 11 is 1.13. The number of esters is 2. The Morgan fingerprint density at radius 2 is 1.94 bits per heavy atom. The number of hydrogen-bond acceptors (Lipinski definition) is 8. The van der Waals surface area contributed by atoms with E-state index in [1.807, 2.05) is 6.92 Å². The number of rotatable bonds is 6. The number of amides is 2. The summed E-state index contributed by atoms with van der Waals surface area (Å²) in [6, 6.07) is -1.03. The Morgan fingerprint density at radius 3 is 2.68 bits per heavy atom. The van der Waals surface area contributed by atoms with Crippen molar-refractivity contribution in [2.75, 3.05) is 13.2 Å². The maximum absolute atomic E-state index is 13.1. The van der Waals surface area contributed by atoms with Gasteiger partial charge >= 0.3 is 18.0 Å². The summed E-state index contributed by atoms with van der Waals surface area (Å²) in [5.74, 6) is -0.468. The molecule has 11 heteroatoms. The Kier molecular flexibility index (Phi) is 7.01. The first-order valence-electron chi connectivity index (χ1n) is 11.5. The lowest BCUT2D eigenvalue weighted by Gasteiger charge is -2.28. The number of aryl methyl sites for hydroxylation is 2. The third kappa shape index (κ3) is 4.44. The molecule has 2 aromatic heterocycles. The zero-order chi connectivity index (χ0) is 24.4. The molecule has 4 rings (SSSR count). The van der Waals surface area contributed by atoms with Crippen LogP contribution < -0.4 is 16.2 Å². The number of carbonyl (C=O) groups excluding carboxylic acids is 3. The summed E-state index contributed by atoms with van der Waals surface area (Å²) in [5, 5.41) is 5.68. The number of aromatic nitrogens is 2. The van der Waals surface area contributed by atoms with Crippen LogP contribution in [0.5, 0.6) is 0 Å². The predicted molar refractivity (Wildman–Crippen MR) is 126 cm³/mol. The molecule has 0 aromatic carbocycles. The van der Waals surface area contributed by atoms with Crippen LogP contribution in [0.15, 0.2) is 16.1 Å². The van der Waals surface area contributed by atoms with Crippen LogP contribution >= 0.6 is 11.3 Å². The Labute approximate surface area is 200 Å². The zero-order valence-electron chi connectivity index (χ0n) is 19.5. The number of ether oxygens (including phenoxy) is 2. The number of urea groups is 1. The molecule has 0 fully saturated rings. The molecule has 2 aromatic rings. The van der Waals surface area contributed by atoms with Crippen LogP contribution in [0, 0.1) is 6.92 Å². The molecule has 0 aliphatic carbocycles. The maximum atomic E-state index is 13.1. The summed E-state index contributed by atoms with van der Waals surface area (Å²) in [6.45, 7) is 5.72. The molecule has 0 saturated carbocycles. The van der Waals surface area contributed by atoms with Gasteiger partial charge in [-0.25, -0.2) is 19.4 Å². The highest BCUT2D eigenvalue weighted by atomic mass is 32.1. The van der Waals surface area contributed by atoms with E-state index in [2.05, 4.69) is 15.6 Å². The first-order chi connectivity index (χ1) is 16.3. The summed E-state index contributed by atoms with van der Waals surface area (Å²) in [4.78, 5) is 56.2. The van der Waals surface area contributed by atoms with Gasteiger partial charge in [-0.2, -0.15) is 0 Å². The van der Waals surface area contributed by atoms with E-state index in [1.165, 1.54) is 0 Å². The molecule has 1 atom stereocenters. The van der Waals surface area contributed by atoms with E-state index in [9.17, 15) is 19.2 Å². The van der Waals surface area contributed by atoms with Gasteiger partial charge in [-0.1, -0.05) is 13.3 Å². The van der Waals surface area contributed by atoms with Gasteiger partial charge in [0, 0.05) is 13.0 Å². The fourth-order valence-electron chi connectivity index (χ4n) is 4.38. The molecule has 2 aliphatic heterocycles. The second-order valence-electron chi connectivity index (χ2n) is 8.28. The van der Waals surface area contributed by atoms with Gasteiger partial charge in [0.2, 0.25) is 0 Å². The van der Waals surface area contributed by atoms with Crippen molar-refractivity contribution in [1.82, 2.24) is 20.2 Å². The van der Waals surface area contributed by atoms with E-state index in [0.717, 1.165) is 42.8 Å². The lowest BCUT2D eigenvalue weighted by molar-refractivity contribution is -0.139. The van der Waals surface area contributed by atoms with Crippen LogP contribution in [-0.2, 0) is 27.2 Å². The van der Waals surface area contributed by atoms with E-state index >= 15 is 0 Å². The molecule has 2 N–H and O–H groups in total. The van der Waals surface area contributed by atoms with Crippen LogP contribution in [0.2, 0.25) is 0 Å². The van der Waals surface area contributed by atoms with Gasteiger partial charge in [0.1, 0.15) is 22.1 Å². The predicted octanol–water partition coefficient (Wildman–Crippen LogP) is 2.56. The third-order valence-corrected chi connectivity index (χ3v) is 7.26. The van der Waals surface area contributed by atoms with Gasteiger partial charge in [-0.05, 0) is 38.7 Å². The number of hydrogen-bond donors (Lipinski definition) is 2. The molecule has 182 valence electrons. The summed E-state index contributed by atoms with van der Waals surface area (Å²) in [7, 11) is 0. The van der Waals surface area contributed by atoms with E-state index in [1.54, 1.807) is 18.4 Å². The van der Waals surface area contributed by atoms with Crippen molar-refractivity contribution >= 4 is 39.5 Å². The van der Waals surface area contributed by atoms with Gasteiger partial charge in [0.25, 0.3) is 5.56 Å². The minimum atomic E-state index is -0.642. The molecule has 2 aliphatic rings. The average Bonchev–Trinajstić information content (AvgIpc) is 2.97. The van der Waals surface area contributed by atoms with Gasteiger partial charge in [0.15, 0.2) is 0 Å². The molecule has 34 heavy (non-hydrogen) atoms. The first-order valence-corrected chi connectivity index (χ1v) is 12.3. The minimum Gasteiger partial charge on any atom is -0.463 e. The van der Waals surface area contributed by atoms with Crippen LogP contribution in [0.25, 0.3) is 10.2 Å². The van der Waals surface area contributed by atoms with Crippen molar-refractivity contribution in [2.24, 2.45) is 0 Å². The first kappa shape index (κ1) is 23.9. The summed E-state index contributed by atoms with van der Waals surface area (Å²) in [5.41, 5.74) is 0.820. The van der Waals surface area contributed by atoms with E-state index < -0.39 is 24.0 Å². The largest absolute Gasteiger partial charge is 0.463 e. The topological polar surface area (TPSA) is 129 Å². The SMILES string of the molecule is CCOC(=O)C1=C(COC(=O)c2sc3nc4n(c(=O)c3c2C)CCCCC4)NC(=O)N[C@@H]1CC. The quantitative estimate of drug-likeness (QED) is 0.598. The van der Waals surface area contributed by atoms with Crippen molar-refractivity contribution in [1.29, 1.82) is 0 Å². The van der Waals surface area contributed by atoms with Crippen molar-refractivity contribution < 1.29 is 23.9 Å². The number of fused-ring (bicyclic) bond motifs is 2. The molecular formula is C23H28N4O6S. The number of thiophene rings is 1. The molecule has 10 nitrogen and oxygen atoms in total. The molecular weight excluding hydrogens is 460 g/mol. The average molecular weight is 489 g/mol. The maximum Gasteiger partial charge on any atom is 0.349 e. The van der Waals surface area contributed by atoms with Crippen LogP contribution in [0.3, 0.4) is 0 Å². The number of nitrogens with one attached hydrogen (secondary N) is 2. The normalized spacial score (nSPS) is 18.1. The second-order valence-corrected chi connectivity index (χ2v) is 9.28. The number of nitrogens with zero attached hydrogens (tertiary/aromatic N) is 2. The zero-order valence-corrected chi connectivity index (χ0v) is 20.3. The fraction of sp³-hybridized carbons (Fsp3) is 0.522. The Morgan fingerprint density at radius 1 is 1.15 bits per heavy atom. The lowest BCUT2D eigenvalue weighted by Crippen LogP contribution is -2.51. The number of carbonyl (C=O) groups is 3. The fourth-order valence-corrected chi connectivity index (χ4v) is 5.47. The summed E-state index contributed by atoms with van der Waals surface area (Å²) < 4.78 is 12.3.